The third-order valence-corrected chi connectivity index (χ3v) is 3.75. The fourth-order valence-electron chi connectivity index (χ4n) is 2.49. The summed E-state index contributed by atoms with van der Waals surface area (Å²) in [4.78, 5) is 4.41. The number of rotatable bonds is 7. The maximum Gasteiger partial charge on any atom is 0.249 e. The molecule has 1 aromatic heterocycles. The Morgan fingerprint density at radius 2 is 2.21 bits per heavy atom. The van der Waals surface area contributed by atoms with E-state index in [-0.39, 0.29) is 6.10 Å². The summed E-state index contributed by atoms with van der Waals surface area (Å²) in [5.74, 6) is 2.38. The van der Waals surface area contributed by atoms with Crippen LogP contribution in [0.15, 0.2) is 24.4 Å². The summed E-state index contributed by atoms with van der Waals surface area (Å²) in [7, 11) is 3.21. The lowest BCUT2D eigenvalue weighted by atomic mass is 10.2. The Morgan fingerprint density at radius 1 is 1.29 bits per heavy atom. The van der Waals surface area contributed by atoms with Crippen LogP contribution in [-0.2, 0) is 4.74 Å². The van der Waals surface area contributed by atoms with Crippen LogP contribution in [0, 0.1) is 0 Å². The highest BCUT2D eigenvalue weighted by Crippen LogP contribution is 2.30. The molecule has 2 heterocycles. The number of anilines is 3. The molecule has 0 saturated carbocycles. The van der Waals surface area contributed by atoms with E-state index in [1.165, 1.54) is 0 Å². The Hall–Kier alpha value is -2.61. The second kappa shape index (κ2) is 7.78. The Morgan fingerprint density at radius 3 is 2.96 bits per heavy atom. The van der Waals surface area contributed by atoms with Crippen LogP contribution in [0.4, 0.5) is 17.5 Å². The van der Waals surface area contributed by atoms with Crippen LogP contribution in [0.2, 0.25) is 0 Å². The van der Waals surface area contributed by atoms with E-state index in [4.69, 9.17) is 14.2 Å². The molecule has 1 aliphatic rings. The zero-order chi connectivity index (χ0) is 16.8. The van der Waals surface area contributed by atoms with Crippen molar-refractivity contribution >= 4 is 17.5 Å². The lowest BCUT2D eigenvalue weighted by Crippen LogP contribution is -2.19. The van der Waals surface area contributed by atoms with Crippen molar-refractivity contribution in [2.45, 2.75) is 18.9 Å². The van der Waals surface area contributed by atoms with Crippen LogP contribution in [0.25, 0.3) is 0 Å². The first-order chi connectivity index (χ1) is 11.8. The van der Waals surface area contributed by atoms with Gasteiger partial charge in [0.25, 0.3) is 0 Å². The van der Waals surface area contributed by atoms with Gasteiger partial charge in [-0.25, -0.2) is 0 Å². The normalized spacial score (nSPS) is 16.7. The second-order valence-electron chi connectivity index (χ2n) is 5.37. The van der Waals surface area contributed by atoms with E-state index < -0.39 is 0 Å². The highest BCUT2D eigenvalue weighted by atomic mass is 16.5. The van der Waals surface area contributed by atoms with E-state index in [9.17, 15) is 0 Å². The van der Waals surface area contributed by atoms with Gasteiger partial charge in [-0.15, -0.1) is 5.10 Å². The first-order valence-corrected chi connectivity index (χ1v) is 7.82. The minimum Gasteiger partial charge on any atom is -0.497 e. The number of nitrogens with zero attached hydrogens (tertiary/aromatic N) is 3. The first kappa shape index (κ1) is 16.3. The summed E-state index contributed by atoms with van der Waals surface area (Å²) >= 11 is 0. The van der Waals surface area contributed by atoms with Crippen LogP contribution in [0.3, 0.4) is 0 Å². The highest BCUT2D eigenvalue weighted by Gasteiger charge is 2.15. The fraction of sp³-hybridized carbons (Fsp3) is 0.438. The van der Waals surface area contributed by atoms with Crippen molar-refractivity contribution in [3.63, 3.8) is 0 Å². The predicted octanol–water partition coefficient (Wildman–Crippen LogP) is 2.22. The van der Waals surface area contributed by atoms with E-state index >= 15 is 0 Å². The molecular formula is C16H21N5O3. The molecule has 8 nitrogen and oxygen atoms in total. The molecule has 2 N–H and O–H groups in total. The predicted molar refractivity (Wildman–Crippen MR) is 90.1 cm³/mol. The molecule has 0 radical (unpaired) electrons. The molecule has 1 aliphatic heterocycles. The Labute approximate surface area is 140 Å². The van der Waals surface area contributed by atoms with Crippen LogP contribution < -0.4 is 20.1 Å². The molecule has 2 aromatic rings. The maximum absolute atomic E-state index is 5.58. The lowest BCUT2D eigenvalue weighted by Gasteiger charge is -2.13. The summed E-state index contributed by atoms with van der Waals surface area (Å²) in [5.41, 5.74) is 0.733. The molecule has 8 heteroatoms. The van der Waals surface area contributed by atoms with E-state index in [1.54, 1.807) is 26.5 Å². The van der Waals surface area contributed by atoms with Gasteiger partial charge in [0.05, 0.1) is 32.2 Å². The zero-order valence-corrected chi connectivity index (χ0v) is 13.8. The van der Waals surface area contributed by atoms with Crippen molar-refractivity contribution in [1.82, 2.24) is 15.2 Å². The summed E-state index contributed by atoms with van der Waals surface area (Å²) < 4.78 is 16.1. The van der Waals surface area contributed by atoms with Gasteiger partial charge in [-0.1, -0.05) is 0 Å². The van der Waals surface area contributed by atoms with Crippen LogP contribution >= 0.6 is 0 Å². The van der Waals surface area contributed by atoms with Gasteiger partial charge >= 0.3 is 0 Å². The van der Waals surface area contributed by atoms with E-state index in [0.29, 0.717) is 29.8 Å². The zero-order valence-electron chi connectivity index (χ0n) is 13.8. The van der Waals surface area contributed by atoms with Gasteiger partial charge in [0, 0.05) is 19.2 Å². The van der Waals surface area contributed by atoms with Crippen molar-refractivity contribution in [2.24, 2.45) is 0 Å². The van der Waals surface area contributed by atoms with Gasteiger partial charge in [-0.05, 0) is 25.0 Å². The molecule has 1 unspecified atom stereocenters. The van der Waals surface area contributed by atoms with E-state index in [1.807, 2.05) is 12.1 Å². The molecule has 0 aliphatic carbocycles. The first-order valence-electron chi connectivity index (χ1n) is 7.82. The molecule has 24 heavy (non-hydrogen) atoms. The molecule has 3 rings (SSSR count). The van der Waals surface area contributed by atoms with E-state index in [2.05, 4.69) is 25.8 Å². The average Bonchev–Trinajstić information content (AvgIpc) is 3.14. The standard InChI is InChI=1S/C16H21N5O3/c1-22-11-5-6-13(14(8-11)23-2)19-16-20-15(10-18-21-16)17-9-12-4-3-7-24-12/h5-6,8,10,12H,3-4,7,9H2,1-2H3,(H2,17,19,20,21). The number of nitrogens with one attached hydrogen (secondary N) is 2. The quantitative estimate of drug-likeness (QED) is 0.798. The number of methoxy groups -OCH3 is 2. The van der Waals surface area contributed by atoms with Crippen molar-refractivity contribution in [3.8, 4) is 11.5 Å². The second-order valence-corrected chi connectivity index (χ2v) is 5.37. The van der Waals surface area contributed by atoms with Crippen molar-refractivity contribution in [1.29, 1.82) is 0 Å². The number of ether oxygens (including phenoxy) is 3. The van der Waals surface area contributed by atoms with Gasteiger partial charge in [0.1, 0.15) is 11.5 Å². The molecule has 1 saturated heterocycles. The highest BCUT2D eigenvalue weighted by molar-refractivity contribution is 5.64. The van der Waals surface area contributed by atoms with Crippen molar-refractivity contribution in [3.05, 3.63) is 24.4 Å². The molecule has 1 aromatic carbocycles. The molecule has 128 valence electrons. The number of benzene rings is 1. The van der Waals surface area contributed by atoms with Crippen molar-refractivity contribution < 1.29 is 14.2 Å². The van der Waals surface area contributed by atoms with Crippen LogP contribution in [0.5, 0.6) is 11.5 Å². The third-order valence-electron chi connectivity index (χ3n) is 3.75. The van der Waals surface area contributed by atoms with Crippen LogP contribution in [-0.4, -0.2) is 48.7 Å². The van der Waals surface area contributed by atoms with E-state index in [0.717, 1.165) is 25.1 Å². The number of hydrogen-bond donors (Lipinski definition) is 2. The minimum atomic E-state index is 0.234. The molecule has 0 bridgehead atoms. The maximum atomic E-state index is 5.58. The average molecular weight is 331 g/mol. The summed E-state index contributed by atoms with van der Waals surface area (Å²) in [6.45, 7) is 1.54. The molecular weight excluding hydrogens is 310 g/mol. The third kappa shape index (κ3) is 4.02. The number of aromatic nitrogens is 3. The summed E-state index contributed by atoms with van der Waals surface area (Å²) in [6.07, 6.45) is 4.00. The lowest BCUT2D eigenvalue weighted by molar-refractivity contribution is 0.120. The molecule has 0 amide bonds. The topological polar surface area (TPSA) is 90.4 Å². The van der Waals surface area contributed by atoms with Gasteiger partial charge in [0.15, 0.2) is 5.82 Å². The molecule has 0 spiro atoms. The summed E-state index contributed by atoms with van der Waals surface area (Å²) in [6, 6.07) is 5.46. The summed E-state index contributed by atoms with van der Waals surface area (Å²) in [5, 5.41) is 14.3. The van der Waals surface area contributed by atoms with Gasteiger partial charge in [-0.3, -0.25) is 0 Å². The molecule has 1 fully saturated rings. The number of hydrogen-bond acceptors (Lipinski definition) is 8. The van der Waals surface area contributed by atoms with Gasteiger partial charge in [-0.2, -0.15) is 10.1 Å². The SMILES string of the molecule is COc1ccc(Nc2nncc(NCC3CCCO3)n2)c(OC)c1. The van der Waals surface area contributed by atoms with Gasteiger partial charge in [0.2, 0.25) is 5.95 Å². The smallest absolute Gasteiger partial charge is 0.249 e. The fourth-order valence-corrected chi connectivity index (χ4v) is 2.49. The minimum absolute atomic E-state index is 0.234. The largest absolute Gasteiger partial charge is 0.497 e. The van der Waals surface area contributed by atoms with Gasteiger partial charge < -0.3 is 24.8 Å². The van der Waals surface area contributed by atoms with Crippen LogP contribution in [0.1, 0.15) is 12.8 Å². The monoisotopic (exact) mass is 331 g/mol. The van der Waals surface area contributed by atoms with Crippen molar-refractivity contribution in [2.75, 3.05) is 38.0 Å². The molecule has 1 atom stereocenters. The Balaban J connectivity index is 1.67. The Bertz CT molecular complexity index is 677. The Kier molecular flexibility index (Phi) is 5.27.